The van der Waals surface area contributed by atoms with Gasteiger partial charge in [0.15, 0.2) is 0 Å². The number of rotatable bonds is 2. The van der Waals surface area contributed by atoms with Crippen LogP contribution in [0.4, 0.5) is 16.2 Å². The van der Waals surface area contributed by atoms with Gasteiger partial charge in [-0.05, 0) is 29.2 Å². The molecule has 5 nitrogen and oxygen atoms in total. The Labute approximate surface area is 112 Å². The molecule has 0 aliphatic carbocycles. The Kier molecular flexibility index (Phi) is 3.46. The molecule has 1 aromatic carbocycles. The average molecular weight is 261 g/mol. The van der Waals surface area contributed by atoms with Crippen LogP contribution in [0.1, 0.15) is 26.3 Å². The molecule has 5 heteroatoms. The molecule has 0 spiro atoms. The Hall–Kier alpha value is -2.04. The summed E-state index contributed by atoms with van der Waals surface area (Å²) in [5.74, 6) is -0.00988. The number of amides is 3. The summed E-state index contributed by atoms with van der Waals surface area (Å²) in [6.07, 6.45) is 0.370. The first-order chi connectivity index (χ1) is 8.83. The maximum Gasteiger partial charge on any atom is 0.319 e. The molecule has 0 fully saturated rings. The molecule has 2 rings (SSSR count). The second-order valence-corrected chi connectivity index (χ2v) is 5.97. The van der Waals surface area contributed by atoms with Gasteiger partial charge in [-0.1, -0.05) is 20.8 Å². The maximum atomic E-state index is 11.7. The van der Waals surface area contributed by atoms with Crippen molar-refractivity contribution in [1.29, 1.82) is 0 Å². The van der Waals surface area contributed by atoms with Gasteiger partial charge in [0.25, 0.3) is 0 Å². The van der Waals surface area contributed by atoms with Crippen molar-refractivity contribution in [2.45, 2.75) is 27.2 Å². The van der Waals surface area contributed by atoms with Gasteiger partial charge in [0.05, 0.1) is 6.42 Å². The molecular formula is C14H19N3O2. The molecule has 19 heavy (non-hydrogen) atoms. The van der Waals surface area contributed by atoms with Crippen LogP contribution < -0.4 is 16.0 Å². The topological polar surface area (TPSA) is 70.2 Å². The van der Waals surface area contributed by atoms with E-state index < -0.39 is 0 Å². The van der Waals surface area contributed by atoms with E-state index in [-0.39, 0.29) is 17.4 Å². The van der Waals surface area contributed by atoms with Crippen LogP contribution in [0.5, 0.6) is 0 Å². The summed E-state index contributed by atoms with van der Waals surface area (Å²) in [5, 5.41) is 8.34. The predicted molar refractivity (Wildman–Crippen MR) is 75.3 cm³/mol. The number of carbonyl (C=O) groups is 2. The van der Waals surface area contributed by atoms with Crippen molar-refractivity contribution < 1.29 is 9.59 Å². The monoisotopic (exact) mass is 261 g/mol. The number of fused-ring (bicyclic) bond motifs is 1. The number of hydrogen-bond acceptors (Lipinski definition) is 2. The van der Waals surface area contributed by atoms with E-state index in [1.807, 2.05) is 6.07 Å². The minimum atomic E-state index is -0.229. The van der Waals surface area contributed by atoms with Gasteiger partial charge in [0, 0.05) is 17.9 Å². The Morgan fingerprint density at radius 1 is 1.37 bits per heavy atom. The lowest BCUT2D eigenvalue weighted by Crippen LogP contribution is -2.35. The van der Waals surface area contributed by atoms with Gasteiger partial charge in [-0.15, -0.1) is 0 Å². The molecule has 1 aliphatic rings. The average Bonchev–Trinajstić information content (AvgIpc) is 2.65. The Bertz CT molecular complexity index is 518. The molecule has 0 bridgehead atoms. The van der Waals surface area contributed by atoms with Crippen molar-refractivity contribution in [1.82, 2.24) is 5.32 Å². The molecule has 102 valence electrons. The van der Waals surface area contributed by atoms with Gasteiger partial charge in [0.2, 0.25) is 5.91 Å². The normalized spacial score (nSPS) is 13.7. The standard InChI is InChI=1S/C14H19N3O2/c1-14(2,3)8-15-13(19)16-10-4-5-11-9(6-10)7-12(18)17-11/h4-6H,7-8H2,1-3H3,(H,17,18)(H2,15,16,19). The van der Waals surface area contributed by atoms with E-state index in [2.05, 4.69) is 36.7 Å². The summed E-state index contributed by atoms with van der Waals surface area (Å²) in [6.45, 7) is 6.77. The van der Waals surface area contributed by atoms with Crippen molar-refractivity contribution in [3.63, 3.8) is 0 Å². The third-order valence-electron chi connectivity index (χ3n) is 2.77. The lowest BCUT2D eigenvalue weighted by atomic mass is 9.97. The molecule has 0 radical (unpaired) electrons. The quantitative estimate of drug-likeness (QED) is 0.764. The van der Waals surface area contributed by atoms with Crippen LogP contribution in [0.3, 0.4) is 0 Å². The minimum Gasteiger partial charge on any atom is -0.337 e. The van der Waals surface area contributed by atoms with Crippen LogP contribution >= 0.6 is 0 Å². The van der Waals surface area contributed by atoms with E-state index in [4.69, 9.17) is 0 Å². The van der Waals surface area contributed by atoms with Crippen molar-refractivity contribution in [3.05, 3.63) is 23.8 Å². The zero-order chi connectivity index (χ0) is 14.0. The molecule has 0 unspecified atom stereocenters. The molecule has 1 aliphatic heterocycles. The van der Waals surface area contributed by atoms with Crippen LogP contribution in [0, 0.1) is 5.41 Å². The summed E-state index contributed by atoms with van der Waals surface area (Å²) in [5.41, 5.74) is 2.48. The molecule has 0 saturated carbocycles. The molecule has 1 heterocycles. The van der Waals surface area contributed by atoms with E-state index in [0.717, 1.165) is 11.3 Å². The summed E-state index contributed by atoms with van der Waals surface area (Å²) in [6, 6.07) is 5.18. The molecule has 3 amide bonds. The molecule has 1 aromatic rings. The molecular weight excluding hydrogens is 242 g/mol. The number of urea groups is 1. The summed E-state index contributed by atoms with van der Waals surface area (Å²) in [4.78, 5) is 23.0. The number of anilines is 2. The molecule has 0 saturated heterocycles. The summed E-state index contributed by atoms with van der Waals surface area (Å²) >= 11 is 0. The SMILES string of the molecule is CC(C)(C)CNC(=O)Nc1ccc2c(c1)CC(=O)N2. The third kappa shape index (κ3) is 3.71. The Morgan fingerprint density at radius 3 is 2.79 bits per heavy atom. The first-order valence-electron chi connectivity index (χ1n) is 6.31. The highest BCUT2D eigenvalue weighted by atomic mass is 16.2. The lowest BCUT2D eigenvalue weighted by Gasteiger charge is -2.19. The van der Waals surface area contributed by atoms with Crippen molar-refractivity contribution in [2.75, 3.05) is 17.2 Å². The van der Waals surface area contributed by atoms with E-state index in [0.29, 0.717) is 18.7 Å². The zero-order valence-electron chi connectivity index (χ0n) is 11.5. The second kappa shape index (κ2) is 4.91. The first-order valence-corrected chi connectivity index (χ1v) is 6.31. The highest BCUT2D eigenvalue weighted by Gasteiger charge is 2.18. The number of carbonyl (C=O) groups excluding carboxylic acids is 2. The molecule has 0 aromatic heterocycles. The Morgan fingerprint density at radius 2 is 2.11 bits per heavy atom. The van der Waals surface area contributed by atoms with Crippen LogP contribution in [0.15, 0.2) is 18.2 Å². The fourth-order valence-corrected chi connectivity index (χ4v) is 1.83. The van der Waals surface area contributed by atoms with Crippen LogP contribution in [0.2, 0.25) is 0 Å². The fraction of sp³-hybridized carbons (Fsp3) is 0.429. The predicted octanol–water partition coefficient (Wildman–Crippen LogP) is 2.35. The van der Waals surface area contributed by atoms with Crippen LogP contribution in [-0.4, -0.2) is 18.5 Å². The van der Waals surface area contributed by atoms with E-state index in [1.54, 1.807) is 12.1 Å². The van der Waals surface area contributed by atoms with Gasteiger partial charge in [-0.25, -0.2) is 4.79 Å². The molecule has 0 atom stereocenters. The van der Waals surface area contributed by atoms with Gasteiger partial charge in [-0.3, -0.25) is 4.79 Å². The van der Waals surface area contributed by atoms with Crippen molar-refractivity contribution in [3.8, 4) is 0 Å². The van der Waals surface area contributed by atoms with Gasteiger partial charge < -0.3 is 16.0 Å². The number of nitrogens with one attached hydrogen (secondary N) is 3. The lowest BCUT2D eigenvalue weighted by molar-refractivity contribution is -0.115. The summed E-state index contributed by atoms with van der Waals surface area (Å²) in [7, 11) is 0. The van der Waals surface area contributed by atoms with E-state index >= 15 is 0 Å². The van der Waals surface area contributed by atoms with Gasteiger partial charge >= 0.3 is 6.03 Å². The summed E-state index contributed by atoms with van der Waals surface area (Å²) < 4.78 is 0. The molecule has 3 N–H and O–H groups in total. The van der Waals surface area contributed by atoms with E-state index in [1.165, 1.54) is 0 Å². The maximum absolute atomic E-state index is 11.7. The van der Waals surface area contributed by atoms with Gasteiger partial charge in [-0.2, -0.15) is 0 Å². The van der Waals surface area contributed by atoms with Crippen molar-refractivity contribution >= 4 is 23.3 Å². The minimum absolute atomic E-state index is 0.00988. The number of benzene rings is 1. The first kappa shape index (κ1) is 13.4. The van der Waals surface area contributed by atoms with E-state index in [9.17, 15) is 9.59 Å². The second-order valence-electron chi connectivity index (χ2n) is 5.97. The smallest absolute Gasteiger partial charge is 0.319 e. The van der Waals surface area contributed by atoms with Gasteiger partial charge in [0.1, 0.15) is 0 Å². The fourth-order valence-electron chi connectivity index (χ4n) is 1.83. The Balaban J connectivity index is 1.95. The van der Waals surface area contributed by atoms with Crippen LogP contribution in [-0.2, 0) is 11.2 Å². The third-order valence-corrected chi connectivity index (χ3v) is 2.77. The zero-order valence-corrected chi connectivity index (χ0v) is 11.5. The highest BCUT2D eigenvalue weighted by Crippen LogP contribution is 2.25. The largest absolute Gasteiger partial charge is 0.337 e. The highest BCUT2D eigenvalue weighted by molar-refractivity contribution is 6.00. The van der Waals surface area contributed by atoms with Crippen LogP contribution in [0.25, 0.3) is 0 Å². The van der Waals surface area contributed by atoms with Crippen molar-refractivity contribution in [2.24, 2.45) is 5.41 Å². The number of hydrogen-bond donors (Lipinski definition) is 3.